The summed E-state index contributed by atoms with van der Waals surface area (Å²) in [5.41, 5.74) is 10.4. The van der Waals surface area contributed by atoms with E-state index in [-0.39, 0.29) is 0 Å². The van der Waals surface area contributed by atoms with Gasteiger partial charge in [0.15, 0.2) is 17.8 Å². The highest BCUT2D eigenvalue weighted by molar-refractivity contribution is 5.81. The van der Waals surface area contributed by atoms with Crippen LogP contribution in [0.4, 0.5) is 5.82 Å². The number of nitrogen functional groups attached to an aromatic ring is 1. The van der Waals surface area contributed by atoms with Crippen LogP contribution in [0.25, 0.3) is 11.2 Å². The summed E-state index contributed by atoms with van der Waals surface area (Å²) in [4.78, 5) is 12.9. The van der Waals surface area contributed by atoms with E-state index in [0.717, 1.165) is 16.7 Å². The zero-order valence-corrected chi connectivity index (χ0v) is 22.0. The molecule has 40 heavy (non-hydrogen) atoms. The number of imidazole rings is 1. The van der Waals surface area contributed by atoms with Gasteiger partial charge in [-0.3, -0.25) is 0 Å². The molecule has 1 aliphatic rings. The average Bonchev–Trinajstić information content (AvgIpc) is 3.57. The topological polar surface area (TPSA) is 107 Å². The Morgan fingerprint density at radius 1 is 0.675 bits per heavy atom. The highest BCUT2D eigenvalue weighted by Gasteiger charge is 2.47. The lowest BCUT2D eigenvalue weighted by Crippen LogP contribution is -2.39. The summed E-state index contributed by atoms with van der Waals surface area (Å²) >= 11 is 0. The summed E-state index contributed by atoms with van der Waals surface area (Å²) in [6.45, 7) is 1.60. The molecule has 0 radical (unpaired) electrons. The SMILES string of the molecule is Nc1ncnc2c1ncn2C[C@H]1O[C@H](OCc2ccccc2)[C@H](OCc2ccccc2)[C@@H]1OCc1ccccc1. The van der Waals surface area contributed by atoms with Crippen LogP contribution in [-0.4, -0.2) is 44.1 Å². The molecule has 2 N–H and O–H groups in total. The quantitative estimate of drug-likeness (QED) is 0.262. The minimum absolute atomic E-state index is 0.334. The van der Waals surface area contributed by atoms with Crippen molar-refractivity contribution >= 4 is 17.0 Å². The maximum Gasteiger partial charge on any atom is 0.187 e. The Morgan fingerprint density at radius 2 is 1.23 bits per heavy atom. The highest BCUT2D eigenvalue weighted by Crippen LogP contribution is 2.31. The fourth-order valence-corrected chi connectivity index (χ4v) is 4.86. The summed E-state index contributed by atoms with van der Waals surface area (Å²) in [6.07, 6.45) is 1.17. The monoisotopic (exact) mass is 537 g/mol. The smallest absolute Gasteiger partial charge is 0.187 e. The van der Waals surface area contributed by atoms with E-state index in [2.05, 4.69) is 15.0 Å². The van der Waals surface area contributed by atoms with Crippen molar-refractivity contribution in [3.63, 3.8) is 0 Å². The van der Waals surface area contributed by atoms with E-state index in [4.69, 9.17) is 24.7 Å². The summed E-state index contributed by atoms with van der Waals surface area (Å²) in [6, 6.07) is 30.1. The Labute approximate surface area is 232 Å². The third-order valence-electron chi connectivity index (χ3n) is 6.90. The first-order valence-corrected chi connectivity index (χ1v) is 13.3. The summed E-state index contributed by atoms with van der Waals surface area (Å²) in [5.74, 6) is 0.334. The van der Waals surface area contributed by atoms with Gasteiger partial charge in [-0.2, -0.15) is 0 Å². The van der Waals surface area contributed by atoms with E-state index in [1.807, 2.05) is 95.6 Å². The number of fused-ring (bicyclic) bond motifs is 1. The van der Waals surface area contributed by atoms with Crippen molar-refractivity contribution in [2.24, 2.45) is 0 Å². The number of rotatable bonds is 11. The van der Waals surface area contributed by atoms with Gasteiger partial charge in [0.25, 0.3) is 0 Å². The van der Waals surface area contributed by atoms with E-state index >= 15 is 0 Å². The Morgan fingerprint density at radius 3 is 1.82 bits per heavy atom. The molecule has 1 fully saturated rings. The van der Waals surface area contributed by atoms with E-state index in [0.29, 0.717) is 43.3 Å². The Balaban J connectivity index is 1.28. The van der Waals surface area contributed by atoms with Crippen LogP contribution in [0.5, 0.6) is 0 Å². The molecule has 3 aromatic carbocycles. The van der Waals surface area contributed by atoms with Crippen molar-refractivity contribution in [1.82, 2.24) is 19.5 Å². The van der Waals surface area contributed by atoms with Crippen LogP contribution >= 0.6 is 0 Å². The lowest BCUT2D eigenvalue weighted by Gasteiger charge is -2.25. The number of aromatic nitrogens is 4. The molecular weight excluding hydrogens is 506 g/mol. The van der Waals surface area contributed by atoms with Crippen LogP contribution in [0.2, 0.25) is 0 Å². The number of anilines is 1. The standard InChI is InChI=1S/C31H31N5O4/c32-29-26-30(34-20-33-29)36(21-35-26)16-25-27(37-17-22-10-4-1-5-11-22)28(38-18-23-12-6-2-7-13-23)31(40-25)39-19-24-14-8-3-9-15-24/h1-15,20-21,25,27-28,31H,16-19H2,(H2,32,33,34)/t25-,27-,28-,31+/m1/s1. The molecule has 1 saturated heterocycles. The molecule has 0 amide bonds. The average molecular weight is 538 g/mol. The molecule has 204 valence electrons. The second kappa shape index (κ2) is 12.4. The molecule has 5 aromatic rings. The molecule has 2 aromatic heterocycles. The number of ether oxygens (including phenoxy) is 4. The summed E-state index contributed by atoms with van der Waals surface area (Å²) in [5, 5.41) is 0. The van der Waals surface area contributed by atoms with Crippen LogP contribution in [0.1, 0.15) is 16.7 Å². The van der Waals surface area contributed by atoms with E-state index in [1.54, 1.807) is 6.33 Å². The van der Waals surface area contributed by atoms with E-state index in [9.17, 15) is 0 Å². The molecule has 0 aliphatic carbocycles. The first-order chi connectivity index (χ1) is 19.7. The highest BCUT2D eigenvalue weighted by atomic mass is 16.7. The van der Waals surface area contributed by atoms with Crippen molar-refractivity contribution < 1.29 is 18.9 Å². The fraction of sp³-hybridized carbons (Fsp3) is 0.258. The fourth-order valence-electron chi connectivity index (χ4n) is 4.86. The van der Waals surface area contributed by atoms with Crippen LogP contribution in [0.3, 0.4) is 0 Å². The molecule has 1 aliphatic heterocycles. The third-order valence-corrected chi connectivity index (χ3v) is 6.90. The van der Waals surface area contributed by atoms with Gasteiger partial charge in [0.2, 0.25) is 0 Å². The van der Waals surface area contributed by atoms with Crippen LogP contribution < -0.4 is 5.73 Å². The van der Waals surface area contributed by atoms with Gasteiger partial charge < -0.3 is 29.2 Å². The van der Waals surface area contributed by atoms with Crippen LogP contribution in [0.15, 0.2) is 104 Å². The van der Waals surface area contributed by atoms with Gasteiger partial charge in [0.1, 0.15) is 30.2 Å². The van der Waals surface area contributed by atoms with Gasteiger partial charge in [-0.1, -0.05) is 91.0 Å². The van der Waals surface area contributed by atoms with Crippen LogP contribution in [-0.2, 0) is 45.3 Å². The van der Waals surface area contributed by atoms with Crippen molar-refractivity contribution in [2.75, 3.05) is 5.73 Å². The van der Waals surface area contributed by atoms with Crippen molar-refractivity contribution in [1.29, 1.82) is 0 Å². The van der Waals surface area contributed by atoms with Gasteiger partial charge in [0, 0.05) is 0 Å². The zero-order chi connectivity index (χ0) is 27.1. The normalized spacial score (nSPS) is 20.7. The lowest BCUT2D eigenvalue weighted by atomic mass is 10.1. The zero-order valence-electron chi connectivity index (χ0n) is 22.0. The number of hydrogen-bond acceptors (Lipinski definition) is 8. The number of benzene rings is 3. The van der Waals surface area contributed by atoms with Crippen LogP contribution in [0, 0.1) is 0 Å². The molecule has 6 rings (SSSR count). The second-order valence-corrected chi connectivity index (χ2v) is 9.69. The molecule has 0 unspecified atom stereocenters. The molecule has 3 heterocycles. The molecule has 9 nitrogen and oxygen atoms in total. The second-order valence-electron chi connectivity index (χ2n) is 9.69. The number of nitrogens with zero attached hydrogens (tertiary/aromatic N) is 4. The van der Waals surface area contributed by atoms with E-state index < -0.39 is 24.6 Å². The maximum absolute atomic E-state index is 6.55. The van der Waals surface area contributed by atoms with Gasteiger partial charge in [-0.15, -0.1) is 0 Å². The summed E-state index contributed by atoms with van der Waals surface area (Å²) < 4.78 is 27.8. The van der Waals surface area contributed by atoms with Crippen molar-refractivity contribution in [3.05, 3.63) is 120 Å². The minimum Gasteiger partial charge on any atom is -0.382 e. The van der Waals surface area contributed by atoms with Gasteiger partial charge in [0.05, 0.1) is 32.7 Å². The molecule has 9 heteroatoms. The minimum atomic E-state index is -0.649. The number of nitrogens with two attached hydrogens (primary N) is 1. The van der Waals surface area contributed by atoms with E-state index in [1.165, 1.54) is 6.33 Å². The largest absolute Gasteiger partial charge is 0.382 e. The lowest BCUT2D eigenvalue weighted by molar-refractivity contribution is -0.187. The maximum atomic E-state index is 6.55. The summed E-state index contributed by atoms with van der Waals surface area (Å²) in [7, 11) is 0. The van der Waals surface area contributed by atoms with Gasteiger partial charge >= 0.3 is 0 Å². The van der Waals surface area contributed by atoms with Gasteiger partial charge in [-0.25, -0.2) is 15.0 Å². The Hall–Kier alpha value is -4.15. The predicted molar refractivity (Wildman–Crippen MR) is 150 cm³/mol. The Bertz CT molecular complexity index is 1500. The molecular formula is C31H31N5O4. The van der Waals surface area contributed by atoms with Crippen molar-refractivity contribution in [2.45, 2.75) is 51.0 Å². The number of hydrogen-bond donors (Lipinski definition) is 1. The molecule has 4 atom stereocenters. The molecule has 0 bridgehead atoms. The third kappa shape index (κ3) is 6.03. The molecule has 0 saturated carbocycles. The van der Waals surface area contributed by atoms with Crippen molar-refractivity contribution in [3.8, 4) is 0 Å². The Kier molecular flexibility index (Phi) is 8.06. The first kappa shape index (κ1) is 26.1. The predicted octanol–water partition coefficient (Wildman–Crippen LogP) is 4.52. The molecule has 0 spiro atoms. The van der Waals surface area contributed by atoms with Gasteiger partial charge in [-0.05, 0) is 16.7 Å². The first-order valence-electron chi connectivity index (χ1n) is 13.3.